The van der Waals surface area contributed by atoms with Crippen LogP contribution in [0.25, 0.3) is 0 Å². The fraction of sp³-hybridized carbons (Fsp3) is 0.424. The van der Waals surface area contributed by atoms with Crippen molar-refractivity contribution in [1.82, 2.24) is 19.8 Å². The number of alkyl halides is 3. The van der Waals surface area contributed by atoms with E-state index in [0.29, 0.717) is 35.7 Å². The molecular weight excluding hydrogens is 569 g/mol. The number of carbonyl (C=O) groups is 2. The molecule has 1 fully saturated rings. The lowest BCUT2D eigenvalue weighted by Gasteiger charge is -2.42. The molecule has 11 heteroatoms. The van der Waals surface area contributed by atoms with Gasteiger partial charge in [-0.3, -0.25) is 24.5 Å². The van der Waals surface area contributed by atoms with Gasteiger partial charge in [-0.15, -0.1) is 0 Å². The first kappa shape index (κ1) is 29.8. The molecule has 8 nitrogen and oxygen atoms in total. The third-order valence-corrected chi connectivity index (χ3v) is 8.72. The number of aliphatic imine (C=N–C) groups is 1. The second-order valence-electron chi connectivity index (χ2n) is 12.5. The number of nitrogens with zero attached hydrogens (tertiary/aromatic N) is 5. The number of amides is 2. The van der Waals surface area contributed by atoms with Gasteiger partial charge in [-0.2, -0.15) is 13.2 Å². The van der Waals surface area contributed by atoms with Crippen molar-refractivity contribution < 1.29 is 22.8 Å². The van der Waals surface area contributed by atoms with Crippen LogP contribution >= 0.6 is 0 Å². The molecule has 0 saturated heterocycles. The third-order valence-electron chi connectivity index (χ3n) is 8.72. The highest BCUT2D eigenvalue weighted by molar-refractivity contribution is 6.00. The van der Waals surface area contributed by atoms with E-state index in [9.17, 15) is 22.8 Å². The molecule has 0 bridgehead atoms. The van der Waals surface area contributed by atoms with Gasteiger partial charge in [0.1, 0.15) is 0 Å². The third kappa shape index (κ3) is 5.79. The summed E-state index contributed by atoms with van der Waals surface area (Å²) in [6, 6.07) is 12.5. The molecule has 2 aliphatic heterocycles. The van der Waals surface area contributed by atoms with Crippen LogP contribution in [-0.2, 0) is 29.6 Å². The van der Waals surface area contributed by atoms with Crippen LogP contribution in [0.3, 0.4) is 0 Å². The summed E-state index contributed by atoms with van der Waals surface area (Å²) < 4.78 is 42.7. The van der Waals surface area contributed by atoms with Crippen molar-refractivity contribution in [2.24, 2.45) is 22.6 Å². The van der Waals surface area contributed by atoms with E-state index in [0.717, 1.165) is 24.5 Å². The Morgan fingerprint density at radius 2 is 1.70 bits per heavy atom. The van der Waals surface area contributed by atoms with Gasteiger partial charge in [-0.1, -0.05) is 63.1 Å². The Labute approximate surface area is 254 Å². The number of halogens is 3. The number of guanidine groups is 1. The van der Waals surface area contributed by atoms with Gasteiger partial charge in [0.25, 0.3) is 5.91 Å². The van der Waals surface area contributed by atoms with Crippen molar-refractivity contribution in [2.45, 2.75) is 76.8 Å². The smallest absolute Gasteiger partial charge is 0.369 e. The van der Waals surface area contributed by atoms with Crippen LogP contribution in [-0.4, -0.2) is 37.5 Å². The van der Waals surface area contributed by atoms with Crippen LogP contribution < -0.4 is 5.73 Å². The Morgan fingerprint density at radius 3 is 2.27 bits per heavy atom. The zero-order chi connectivity index (χ0) is 31.2. The molecule has 3 aromatic rings. The maximum atomic E-state index is 14.2. The summed E-state index contributed by atoms with van der Waals surface area (Å²) in [6.45, 7) is 4.05. The van der Waals surface area contributed by atoms with Gasteiger partial charge in [-0.05, 0) is 47.9 Å². The molecule has 2 atom stereocenters. The maximum Gasteiger partial charge on any atom is 0.417 e. The van der Waals surface area contributed by atoms with Crippen LogP contribution in [0.2, 0.25) is 0 Å². The zero-order valence-electron chi connectivity index (χ0n) is 24.7. The van der Waals surface area contributed by atoms with Crippen LogP contribution in [0, 0.1) is 11.8 Å². The van der Waals surface area contributed by atoms with E-state index in [2.05, 4.69) is 9.97 Å². The molecule has 44 heavy (non-hydrogen) atoms. The molecule has 0 radical (unpaired) electrons. The van der Waals surface area contributed by atoms with Gasteiger partial charge in [0.15, 0.2) is 5.96 Å². The van der Waals surface area contributed by atoms with E-state index in [1.54, 1.807) is 0 Å². The number of hydrogen-bond donors (Lipinski definition) is 1. The first-order chi connectivity index (χ1) is 20.9. The molecule has 0 unspecified atom stereocenters. The van der Waals surface area contributed by atoms with E-state index in [1.807, 2.05) is 44.2 Å². The number of carbonyl (C=O) groups excluding carboxylic acids is 2. The second-order valence-corrected chi connectivity index (χ2v) is 12.5. The lowest BCUT2D eigenvalue weighted by molar-refractivity contribution is -0.138. The van der Waals surface area contributed by atoms with E-state index in [1.165, 1.54) is 34.3 Å². The van der Waals surface area contributed by atoms with Crippen molar-refractivity contribution >= 4 is 17.8 Å². The van der Waals surface area contributed by atoms with Gasteiger partial charge < -0.3 is 10.6 Å². The average molecular weight is 605 g/mol. The van der Waals surface area contributed by atoms with Crippen molar-refractivity contribution in [3.63, 3.8) is 0 Å². The lowest BCUT2D eigenvalue weighted by Crippen LogP contribution is -2.52. The summed E-state index contributed by atoms with van der Waals surface area (Å²) in [5.41, 5.74) is 6.73. The Bertz CT molecular complexity index is 1580. The molecular formula is C33H35F3N6O2. The lowest BCUT2D eigenvalue weighted by atomic mass is 9.80. The van der Waals surface area contributed by atoms with Crippen LogP contribution in [0.5, 0.6) is 0 Å². The second kappa shape index (κ2) is 11.3. The average Bonchev–Trinajstić information content (AvgIpc) is 3.68. The number of rotatable bonds is 8. The molecule has 2 amide bonds. The van der Waals surface area contributed by atoms with E-state index in [-0.39, 0.29) is 37.3 Å². The Hall–Kier alpha value is -4.28. The van der Waals surface area contributed by atoms with E-state index < -0.39 is 34.8 Å². The van der Waals surface area contributed by atoms with Gasteiger partial charge >= 0.3 is 6.18 Å². The van der Waals surface area contributed by atoms with Crippen molar-refractivity contribution in [1.29, 1.82) is 0 Å². The Morgan fingerprint density at radius 1 is 1.05 bits per heavy atom. The number of aromatic nitrogens is 2. The summed E-state index contributed by atoms with van der Waals surface area (Å²) in [5, 5.41) is 0. The molecule has 1 saturated carbocycles. The Balaban J connectivity index is 1.39. The fourth-order valence-electron chi connectivity index (χ4n) is 6.48. The minimum absolute atomic E-state index is 0.0383. The largest absolute Gasteiger partial charge is 0.417 e. The predicted molar refractivity (Wildman–Crippen MR) is 158 cm³/mol. The molecule has 3 aliphatic rings. The maximum absolute atomic E-state index is 14.2. The van der Waals surface area contributed by atoms with Gasteiger partial charge in [-0.25, -0.2) is 4.99 Å². The van der Waals surface area contributed by atoms with Crippen LogP contribution in [0.4, 0.5) is 13.2 Å². The summed E-state index contributed by atoms with van der Waals surface area (Å²) in [4.78, 5) is 43.9. The van der Waals surface area contributed by atoms with Gasteiger partial charge in [0.05, 0.1) is 53.6 Å². The highest BCUT2D eigenvalue weighted by Crippen LogP contribution is 2.47. The van der Waals surface area contributed by atoms with Crippen molar-refractivity contribution in [3.8, 4) is 0 Å². The predicted octanol–water partition coefficient (Wildman–Crippen LogP) is 5.98. The number of benzene rings is 2. The quantitative estimate of drug-likeness (QED) is 0.341. The SMILES string of the molecule is CC(C)C[C@@H](c1ccc(C(F)(F)F)c(C(=O)N2Cc3nccnc3C2)c1)N1C(=O)C[C@@](CC2CC2)(c2ccccc2)N=C1N. The highest BCUT2D eigenvalue weighted by Gasteiger charge is 2.47. The molecule has 2 aromatic carbocycles. The summed E-state index contributed by atoms with van der Waals surface area (Å²) in [5.74, 6) is -0.465. The summed E-state index contributed by atoms with van der Waals surface area (Å²) in [6.07, 6.45) is 1.58. The zero-order valence-corrected chi connectivity index (χ0v) is 24.7. The fourth-order valence-corrected chi connectivity index (χ4v) is 6.48. The number of fused-ring (bicyclic) bond motifs is 1. The summed E-state index contributed by atoms with van der Waals surface area (Å²) in [7, 11) is 0. The van der Waals surface area contributed by atoms with Gasteiger partial charge in [0.2, 0.25) is 5.91 Å². The van der Waals surface area contributed by atoms with E-state index >= 15 is 0 Å². The summed E-state index contributed by atoms with van der Waals surface area (Å²) >= 11 is 0. The van der Waals surface area contributed by atoms with Crippen molar-refractivity contribution in [3.05, 3.63) is 94.6 Å². The number of hydrogen-bond acceptors (Lipinski definition) is 6. The molecule has 1 aliphatic carbocycles. The topological polar surface area (TPSA) is 105 Å². The first-order valence-corrected chi connectivity index (χ1v) is 15.0. The minimum Gasteiger partial charge on any atom is -0.369 e. The van der Waals surface area contributed by atoms with Crippen LogP contribution in [0.15, 0.2) is 65.9 Å². The molecule has 1 aromatic heterocycles. The Kier molecular flexibility index (Phi) is 7.67. The van der Waals surface area contributed by atoms with E-state index in [4.69, 9.17) is 10.7 Å². The molecule has 2 N–H and O–H groups in total. The molecule has 0 spiro atoms. The monoisotopic (exact) mass is 604 g/mol. The van der Waals surface area contributed by atoms with Crippen molar-refractivity contribution in [2.75, 3.05) is 0 Å². The first-order valence-electron chi connectivity index (χ1n) is 15.0. The van der Waals surface area contributed by atoms with Gasteiger partial charge in [0, 0.05) is 12.4 Å². The van der Waals surface area contributed by atoms with Crippen LogP contribution in [0.1, 0.15) is 90.4 Å². The standard InChI is InChI=1S/C33H35F3N6O2/c1-20(2)14-28(42-29(43)17-32(40-31(42)37,16-21-8-9-21)23-6-4-3-5-7-23)22-10-11-25(33(34,35)36)24(15-22)30(44)41-18-26-27(19-41)39-13-12-38-26/h3-7,10-13,15,20-21,28H,8-9,14,16-19H2,1-2H3,(H2,37,40)/t28-,32-/m0/s1. The number of nitrogens with two attached hydrogens (primary N) is 1. The molecule has 230 valence electrons. The highest BCUT2D eigenvalue weighted by atomic mass is 19.4. The normalized spacial score (nSPS) is 21.0. The minimum atomic E-state index is -4.76. The molecule has 3 heterocycles. The molecule has 6 rings (SSSR count).